The van der Waals surface area contributed by atoms with Crippen molar-refractivity contribution in [3.63, 3.8) is 0 Å². The minimum Gasteiger partial charge on any atom is -0.135 e. The van der Waals surface area contributed by atoms with Gasteiger partial charge in [-0.25, -0.2) is 0 Å². The quantitative estimate of drug-likeness (QED) is 0.207. The lowest BCUT2D eigenvalue weighted by Gasteiger charge is -2.12. The van der Waals surface area contributed by atoms with Gasteiger partial charge in [0.1, 0.15) is 0 Å². The third-order valence-electron chi connectivity index (χ3n) is 8.17. The molecule has 0 atom stereocenters. The van der Waals surface area contributed by atoms with E-state index in [1.54, 1.807) is 0 Å². The van der Waals surface area contributed by atoms with E-state index in [4.69, 9.17) is 0 Å². The molecule has 0 aliphatic rings. The van der Waals surface area contributed by atoms with Gasteiger partial charge in [0, 0.05) is 40.3 Å². The van der Waals surface area contributed by atoms with Gasteiger partial charge in [-0.3, -0.25) is 0 Å². The molecular formula is C38H26S2. The van der Waals surface area contributed by atoms with Crippen LogP contribution in [-0.4, -0.2) is 0 Å². The molecule has 0 nitrogen and oxygen atoms in total. The molecule has 0 saturated heterocycles. The van der Waals surface area contributed by atoms with E-state index in [-0.39, 0.29) is 0 Å². The van der Waals surface area contributed by atoms with Gasteiger partial charge in [-0.15, -0.1) is 22.7 Å². The SMILES string of the molecule is Cc1ccccc1-c1ccc2sc3cc(-c4cc(-c5ccccc5C)c5c(c4)sc4ccccc45)ccc3c2c1. The van der Waals surface area contributed by atoms with E-state index >= 15 is 0 Å². The van der Waals surface area contributed by atoms with Crippen LogP contribution in [0.2, 0.25) is 0 Å². The molecule has 0 spiro atoms. The first-order valence-electron chi connectivity index (χ1n) is 13.7. The molecule has 40 heavy (non-hydrogen) atoms. The van der Waals surface area contributed by atoms with Crippen molar-refractivity contribution in [3.05, 3.63) is 132 Å². The molecule has 190 valence electrons. The summed E-state index contributed by atoms with van der Waals surface area (Å²) in [5.74, 6) is 0. The second kappa shape index (κ2) is 9.16. The maximum Gasteiger partial charge on any atom is 0.0367 e. The number of aryl methyl sites for hydroxylation is 2. The van der Waals surface area contributed by atoms with Crippen LogP contribution in [-0.2, 0) is 0 Å². The molecule has 2 heteroatoms. The van der Waals surface area contributed by atoms with Gasteiger partial charge in [-0.1, -0.05) is 84.9 Å². The molecular weight excluding hydrogens is 521 g/mol. The molecule has 0 N–H and O–H groups in total. The van der Waals surface area contributed by atoms with Crippen molar-refractivity contribution < 1.29 is 0 Å². The highest BCUT2D eigenvalue weighted by Gasteiger charge is 2.16. The zero-order valence-electron chi connectivity index (χ0n) is 22.4. The van der Waals surface area contributed by atoms with Crippen molar-refractivity contribution in [3.8, 4) is 33.4 Å². The summed E-state index contributed by atoms with van der Waals surface area (Å²) >= 11 is 3.79. The van der Waals surface area contributed by atoms with Crippen LogP contribution in [0.1, 0.15) is 11.1 Å². The number of hydrogen-bond donors (Lipinski definition) is 0. The molecule has 2 heterocycles. The second-order valence-corrected chi connectivity index (χ2v) is 12.8. The van der Waals surface area contributed by atoms with Crippen LogP contribution in [0.4, 0.5) is 0 Å². The zero-order valence-corrected chi connectivity index (χ0v) is 24.0. The average molecular weight is 547 g/mol. The number of thiophene rings is 2. The summed E-state index contributed by atoms with van der Waals surface area (Å²) in [5.41, 5.74) is 10.4. The summed E-state index contributed by atoms with van der Waals surface area (Å²) in [6.07, 6.45) is 0. The van der Waals surface area contributed by atoms with Crippen LogP contribution in [0.5, 0.6) is 0 Å². The van der Waals surface area contributed by atoms with Crippen molar-refractivity contribution in [1.82, 2.24) is 0 Å². The Labute approximate surface area is 241 Å². The van der Waals surface area contributed by atoms with Gasteiger partial charge in [0.05, 0.1) is 0 Å². The average Bonchev–Trinajstić information content (AvgIpc) is 3.54. The lowest BCUT2D eigenvalue weighted by Crippen LogP contribution is -1.86. The van der Waals surface area contributed by atoms with Crippen LogP contribution >= 0.6 is 22.7 Å². The van der Waals surface area contributed by atoms with Crippen molar-refractivity contribution >= 4 is 63.0 Å². The van der Waals surface area contributed by atoms with Crippen molar-refractivity contribution in [2.45, 2.75) is 13.8 Å². The summed E-state index contributed by atoms with van der Waals surface area (Å²) in [6, 6.07) is 45.0. The van der Waals surface area contributed by atoms with Crippen LogP contribution < -0.4 is 0 Å². The molecule has 0 saturated carbocycles. The predicted molar refractivity (Wildman–Crippen MR) is 178 cm³/mol. The van der Waals surface area contributed by atoms with E-state index in [0.717, 1.165) is 0 Å². The molecule has 0 aliphatic carbocycles. The fraction of sp³-hybridized carbons (Fsp3) is 0.0526. The number of benzene rings is 6. The van der Waals surface area contributed by atoms with E-state index < -0.39 is 0 Å². The van der Waals surface area contributed by atoms with Crippen LogP contribution in [0, 0.1) is 13.8 Å². The third-order valence-corrected chi connectivity index (χ3v) is 10.4. The summed E-state index contributed by atoms with van der Waals surface area (Å²) < 4.78 is 5.36. The van der Waals surface area contributed by atoms with Gasteiger partial charge in [0.2, 0.25) is 0 Å². The lowest BCUT2D eigenvalue weighted by atomic mass is 9.92. The van der Waals surface area contributed by atoms with Gasteiger partial charge in [-0.05, 0) is 94.8 Å². The molecule has 0 unspecified atom stereocenters. The summed E-state index contributed by atoms with van der Waals surface area (Å²) in [6.45, 7) is 4.41. The minimum absolute atomic E-state index is 1.27. The molecule has 2 aromatic heterocycles. The highest BCUT2D eigenvalue weighted by Crippen LogP contribution is 2.45. The molecule has 0 fully saturated rings. The van der Waals surface area contributed by atoms with Gasteiger partial charge in [0.25, 0.3) is 0 Å². The normalized spacial score (nSPS) is 11.8. The Hall–Kier alpha value is -4.24. The Morgan fingerprint density at radius 2 is 1.02 bits per heavy atom. The molecule has 6 aromatic carbocycles. The molecule has 0 amide bonds. The number of hydrogen-bond acceptors (Lipinski definition) is 2. The monoisotopic (exact) mass is 546 g/mol. The highest BCUT2D eigenvalue weighted by atomic mass is 32.1. The third kappa shape index (κ3) is 3.71. The largest absolute Gasteiger partial charge is 0.135 e. The second-order valence-electron chi connectivity index (χ2n) is 10.6. The number of fused-ring (bicyclic) bond motifs is 6. The maximum absolute atomic E-state index is 2.41. The summed E-state index contributed by atoms with van der Waals surface area (Å²) in [5, 5.41) is 5.39. The molecule has 8 rings (SSSR count). The van der Waals surface area contributed by atoms with E-state index in [1.165, 1.54) is 84.9 Å². The zero-order chi connectivity index (χ0) is 26.8. The van der Waals surface area contributed by atoms with Crippen LogP contribution in [0.3, 0.4) is 0 Å². The fourth-order valence-electron chi connectivity index (χ4n) is 6.13. The minimum atomic E-state index is 1.27. The first-order chi connectivity index (χ1) is 19.6. The molecule has 0 radical (unpaired) electrons. The topological polar surface area (TPSA) is 0 Å². The summed E-state index contributed by atoms with van der Waals surface area (Å²) in [7, 11) is 0. The Kier molecular flexibility index (Phi) is 5.41. The van der Waals surface area contributed by atoms with Gasteiger partial charge in [0.15, 0.2) is 0 Å². The smallest absolute Gasteiger partial charge is 0.0367 e. The fourth-order valence-corrected chi connectivity index (χ4v) is 8.43. The van der Waals surface area contributed by atoms with Gasteiger partial charge >= 0.3 is 0 Å². The number of rotatable bonds is 3. The standard InChI is InChI=1S/C38H26S2/c1-23-9-3-5-11-28(23)26-16-18-35-32(19-26)30-17-15-25(21-36(30)39-35)27-20-33(29-12-6-4-10-24(29)2)38-31-13-7-8-14-34(31)40-37(38)22-27/h3-22H,1-2H3. The summed E-state index contributed by atoms with van der Waals surface area (Å²) in [4.78, 5) is 0. The Bertz CT molecular complexity index is 2240. The Morgan fingerprint density at radius 1 is 0.375 bits per heavy atom. The molecule has 8 aromatic rings. The lowest BCUT2D eigenvalue weighted by molar-refractivity contribution is 1.46. The van der Waals surface area contributed by atoms with Gasteiger partial charge < -0.3 is 0 Å². The van der Waals surface area contributed by atoms with E-state index in [0.29, 0.717) is 0 Å². The van der Waals surface area contributed by atoms with Crippen molar-refractivity contribution in [1.29, 1.82) is 0 Å². The first kappa shape index (κ1) is 23.6. The molecule has 0 bridgehead atoms. The maximum atomic E-state index is 2.41. The van der Waals surface area contributed by atoms with Crippen LogP contribution in [0.25, 0.3) is 73.7 Å². The first-order valence-corrected chi connectivity index (χ1v) is 15.3. The van der Waals surface area contributed by atoms with Crippen molar-refractivity contribution in [2.75, 3.05) is 0 Å². The van der Waals surface area contributed by atoms with E-state index in [9.17, 15) is 0 Å². The van der Waals surface area contributed by atoms with E-state index in [2.05, 4.69) is 135 Å². The van der Waals surface area contributed by atoms with Crippen molar-refractivity contribution in [2.24, 2.45) is 0 Å². The van der Waals surface area contributed by atoms with Gasteiger partial charge in [-0.2, -0.15) is 0 Å². The predicted octanol–water partition coefficient (Wildman–Crippen LogP) is 12.0. The van der Waals surface area contributed by atoms with E-state index in [1.807, 2.05) is 22.7 Å². The highest BCUT2D eigenvalue weighted by molar-refractivity contribution is 7.26. The Morgan fingerprint density at radius 3 is 1.85 bits per heavy atom. The molecule has 0 aliphatic heterocycles. The Balaban J connectivity index is 1.33. The van der Waals surface area contributed by atoms with Crippen LogP contribution in [0.15, 0.2) is 121 Å².